The highest BCUT2D eigenvalue weighted by Gasteiger charge is 2.11. The maximum absolute atomic E-state index is 12.1. The molecule has 0 N–H and O–H groups in total. The minimum atomic E-state index is -0.0621. The molecule has 2 heteroatoms. The standard InChI is InChI=1S/C15H11ClO/c1-11(12-7-9-14(16)10-8-12)15(17)13-5-3-2-4-6-13/h2-10H,1H2. The Morgan fingerprint density at radius 3 is 2.06 bits per heavy atom. The molecule has 0 aliphatic heterocycles. The number of carbonyl (C=O) groups excluding carboxylic acids is 1. The Kier molecular flexibility index (Phi) is 3.40. The molecule has 0 spiro atoms. The molecular formula is C15H11ClO. The summed E-state index contributed by atoms with van der Waals surface area (Å²) in [6.45, 7) is 3.84. The molecule has 1 nitrogen and oxygen atoms in total. The van der Waals surface area contributed by atoms with Gasteiger partial charge in [0.1, 0.15) is 0 Å². The van der Waals surface area contributed by atoms with E-state index in [0.717, 1.165) is 5.56 Å². The van der Waals surface area contributed by atoms with Crippen LogP contribution in [0.1, 0.15) is 15.9 Å². The molecule has 0 heterocycles. The van der Waals surface area contributed by atoms with Crippen molar-refractivity contribution in [2.75, 3.05) is 0 Å². The molecule has 0 aliphatic rings. The van der Waals surface area contributed by atoms with E-state index in [-0.39, 0.29) is 5.78 Å². The average molecular weight is 243 g/mol. The number of ketones is 1. The van der Waals surface area contributed by atoms with Gasteiger partial charge in [0, 0.05) is 16.2 Å². The summed E-state index contributed by atoms with van der Waals surface area (Å²) in [5, 5.41) is 0.647. The average Bonchev–Trinajstić information content (AvgIpc) is 2.39. The van der Waals surface area contributed by atoms with Crippen LogP contribution in [0, 0.1) is 0 Å². The van der Waals surface area contributed by atoms with Crippen molar-refractivity contribution in [2.45, 2.75) is 0 Å². The van der Waals surface area contributed by atoms with Crippen molar-refractivity contribution in [1.82, 2.24) is 0 Å². The van der Waals surface area contributed by atoms with Crippen molar-refractivity contribution in [3.63, 3.8) is 0 Å². The van der Waals surface area contributed by atoms with E-state index in [0.29, 0.717) is 16.2 Å². The van der Waals surface area contributed by atoms with E-state index in [1.165, 1.54) is 0 Å². The third-order valence-corrected chi connectivity index (χ3v) is 2.75. The Bertz CT molecular complexity index is 541. The molecule has 0 saturated heterocycles. The first kappa shape index (κ1) is 11.6. The van der Waals surface area contributed by atoms with Crippen LogP contribution in [0.2, 0.25) is 5.02 Å². The van der Waals surface area contributed by atoms with E-state index in [2.05, 4.69) is 6.58 Å². The Morgan fingerprint density at radius 1 is 0.882 bits per heavy atom. The Labute approximate surface area is 105 Å². The fraction of sp³-hybridized carbons (Fsp3) is 0. The molecule has 0 amide bonds. The van der Waals surface area contributed by atoms with Gasteiger partial charge in [-0.3, -0.25) is 4.79 Å². The number of allylic oxidation sites excluding steroid dienone is 1. The monoisotopic (exact) mass is 242 g/mol. The second-order valence-electron chi connectivity index (χ2n) is 3.68. The molecule has 0 radical (unpaired) electrons. The van der Waals surface area contributed by atoms with Crippen LogP contribution in [-0.2, 0) is 0 Å². The lowest BCUT2D eigenvalue weighted by atomic mass is 9.98. The molecule has 0 aromatic heterocycles. The highest BCUT2D eigenvalue weighted by Crippen LogP contribution is 2.19. The lowest BCUT2D eigenvalue weighted by Crippen LogP contribution is -2.01. The highest BCUT2D eigenvalue weighted by atomic mass is 35.5. The Hall–Kier alpha value is -1.86. The van der Waals surface area contributed by atoms with E-state index >= 15 is 0 Å². The van der Waals surface area contributed by atoms with Gasteiger partial charge in [-0.1, -0.05) is 60.6 Å². The first-order valence-electron chi connectivity index (χ1n) is 5.23. The van der Waals surface area contributed by atoms with Gasteiger partial charge in [0.25, 0.3) is 0 Å². The number of hydrogen-bond acceptors (Lipinski definition) is 1. The second kappa shape index (κ2) is 4.98. The summed E-state index contributed by atoms with van der Waals surface area (Å²) in [5.74, 6) is -0.0621. The lowest BCUT2D eigenvalue weighted by molar-refractivity contribution is 0.105. The molecule has 0 atom stereocenters. The topological polar surface area (TPSA) is 17.1 Å². The van der Waals surface area contributed by atoms with Crippen LogP contribution in [0.25, 0.3) is 5.57 Å². The molecular weight excluding hydrogens is 232 g/mol. The van der Waals surface area contributed by atoms with Crippen LogP contribution < -0.4 is 0 Å². The van der Waals surface area contributed by atoms with Gasteiger partial charge in [-0.15, -0.1) is 0 Å². The normalized spacial score (nSPS) is 9.94. The molecule has 0 bridgehead atoms. The van der Waals surface area contributed by atoms with Crippen molar-refractivity contribution >= 4 is 23.0 Å². The van der Waals surface area contributed by atoms with Gasteiger partial charge < -0.3 is 0 Å². The molecule has 17 heavy (non-hydrogen) atoms. The Morgan fingerprint density at radius 2 is 1.47 bits per heavy atom. The highest BCUT2D eigenvalue weighted by molar-refractivity contribution is 6.31. The predicted molar refractivity (Wildman–Crippen MR) is 71.3 cm³/mol. The minimum Gasteiger partial charge on any atom is -0.289 e. The summed E-state index contributed by atoms with van der Waals surface area (Å²) in [5.41, 5.74) is 1.92. The third kappa shape index (κ3) is 2.63. The number of halogens is 1. The van der Waals surface area contributed by atoms with Crippen molar-refractivity contribution < 1.29 is 4.79 Å². The molecule has 2 aromatic rings. The predicted octanol–water partition coefficient (Wildman–Crippen LogP) is 4.24. The van der Waals surface area contributed by atoms with Gasteiger partial charge in [-0.2, -0.15) is 0 Å². The first-order chi connectivity index (χ1) is 8.18. The van der Waals surface area contributed by atoms with Gasteiger partial charge in [0.15, 0.2) is 5.78 Å². The summed E-state index contributed by atoms with van der Waals surface area (Å²) in [6, 6.07) is 16.2. The van der Waals surface area contributed by atoms with Gasteiger partial charge in [-0.25, -0.2) is 0 Å². The number of Topliss-reactive ketones (excluding diaryl/α,β-unsaturated/α-hetero) is 1. The largest absolute Gasteiger partial charge is 0.289 e. The quantitative estimate of drug-likeness (QED) is 0.581. The van der Waals surface area contributed by atoms with Gasteiger partial charge in [0.2, 0.25) is 0 Å². The molecule has 0 saturated carbocycles. The van der Waals surface area contributed by atoms with Crippen LogP contribution >= 0.6 is 11.6 Å². The zero-order valence-corrected chi connectivity index (χ0v) is 9.95. The van der Waals surface area contributed by atoms with Crippen LogP contribution in [0.3, 0.4) is 0 Å². The van der Waals surface area contributed by atoms with Gasteiger partial charge >= 0.3 is 0 Å². The maximum atomic E-state index is 12.1. The summed E-state index contributed by atoms with van der Waals surface area (Å²) in [7, 11) is 0. The van der Waals surface area contributed by atoms with Crippen LogP contribution in [0.4, 0.5) is 0 Å². The molecule has 2 rings (SSSR count). The Balaban J connectivity index is 2.27. The lowest BCUT2D eigenvalue weighted by Gasteiger charge is -2.05. The molecule has 0 fully saturated rings. The summed E-state index contributed by atoms with van der Waals surface area (Å²) in [4.78, 5) is 12.1. The maximum Gasteiger partial charge on any atom is 0.193 e. The van der Waals surface area contributed by atoms with Crippen molar-refractivity contribution in [2.24, 2.45) is 0 Å². The van der Waals surface area contributed by atoms with Crippen LogP contribution in [0.15, 0.2) is 61.2 Å². The van der Waals surface area contributed by atoms with Gasteiger partial charge in [-0.05, 0) is 17.7 Å². The SMILES string of the molecule is C=C(C(=O)c1ccccc1)c1ccc(Cl)cc1. The van der Waals surface area contributed by atoms with E-state index in [1.54, 1.807) is 36.4 Å². The number of rotatable bonds is 3. The fourth-order valence-electron chi connectivity index (χ4n) is 1.55. The number of carbonyl (C=O) groups is 1. The third-order valence-electron chi connectivity index (χ3n) is 2.50. The number of hydrogen-bond donors (Lipinski definition) is 0. The van der Waals surface area contributed by atoms with Gasteiger partial charge in [0.05, 0.1) is 0 Å². The van der Waals surface area contributed by atoms with Crippen molar-refractivity contribution in [3.05, 3.63) is 77.3 Å². The minimum absolute atomic E-state index is 0.0621. The molecule has 2 aromatic carbocycles. The van der Waals surface area contributed by atoms with E-state index in [9.17, 15) is 4.79 Å². The zero-order chi connectivity index (χ0) is 12.3. The van der Waals surface area contributed by atoms with E-state index in [4.69, 9.17) is 11.6 Å². The molecule has 84 valence electrons. The van der Waals surface area contributed by atoms with Crippen LogP contribution in [-0.4, -0.2) is 5.78 Å². The number of benzene rings is 2. The molecule has 0 aliphatic carbocycles. The summed E-state index contributed by atoms with van der Waals surface area (Å²) < 4.78 is 0. The van der Waals surface area contributed by atoms with E-state index < -0.39 is 0 Å². The zero-order valence-electron chi connectivity index (χ0n) is 9.19. The van der Waals surface area contributed by atoms with E-state index in [1.807, 2.05) is 18.2 Å². The van der Waals surface area contributed by atoms with Crippen LogP contribution in [0.5, 0.6) is 0 Å². The first-order valence-corrected chi connectivity index (χ1v) is 5.61. The fourth-order valence-corrected chi connectivity index (χ4v) is 1.67. The summed E-state index contributed by atoms with van der Waals surface area (Å²) in [6.07, 6.45) is 0. The summed E-state index contributed by atoms with van der Waals surface area (Å²) >= 11 is 5.80. The molecule has 0 unspecified atom stereocenters. The second-order valence-corrected chi connectivity index (χ2v) is 4.12. The smallest absolute Gasteiger partial charge is 0.193 e. The van der Waals surface area contributed by atoms with Crippen molar-refractivity contribution in [3.8, 4) is 0 Å². The van der Waals surface area contributed by atoms with Crippen molar-refractivity contribution in [1.29, 1.82) is 0 Å².